The molecule has 0 aliphatic carbocycles. The Hall–Kier alpha value is -0.673. The van der Waals surface area contributed by atoms with Crippen LogP contribution in [0.15, 0.2) is 16.7 Å². The number of hydrogen-bond donors (Lipinski definition) is 1. The third-order valence-corrected chi connectivity index (χ3v) is 13.5. The van der Waals surface area contributed by atoms with Crippen LogP contribution in [-0.2, 0) is 16.4 Å². The van der Waals surface area contributed by atoms with Gasteiger partial charge in [-0.05, 0) is 25.1 Å². The molecular weight excluding hydrogens is 356 g/mol. The molecule has 2 rings (SSSR count). The SMILES string of the molecule is CC[Si](CC)(CC)c1cc(CCS(=O)(=O)[N+]2(O)CCN(C)CC2)co1. The summed E-state index contributed by atoms with van der Waals surface area (Å²) in [6.45, 7) is 8.29. The van der Waals surface area contributed by atoms with Crippen molar-refractivity contribution in [2.45, 2.75) is 45.3 Å². The van der Waals surface area contributed by atoms with Gasteiger partial charge in [0.25, 0.3) is 0 Å². The van der Waals surface area contributed by atoms with Crippen LogP contribution < -0.4 is 5.38 Å². The average Bonchev–Trinajstić information content (AvgIpc) is 3.07. The second-order valence-corrected chi connectivity index (χ2v) is 14.7. The largest absolute Gasteiger partial charge is 0.474 e. The van der Waals surface area contributed by atoms with E-state index in [4.69, 9.17) is 4.42 Å². The first kappa shape index (κ1) is 20.6. The van der Waals surface area contributed by atoms with Gasteiger partial charge in [0.05, 0.1) is 24.7 Å². The highest BCUT2D eigenvalue weighted by atomic mass is 32.2. The number of hydrogen-bond acceptors (Lipinski definition) is 5. The van der Waals surface area contributed by atoms with Crippen molar-refractivity contribution in [2.24, 2.45) is 0 Å². The molecule has 1 fully saturated rings. The molecule has 8 heteroatoms. The topological polar surface area (TPSA) is 70.8 Å². The predicted molar refractivity (Wildman–Crippen MR) is 102 cm³/mol. The Labute approximate surface area is 153 Å². The minimum absolute atomic E-state index is 0.0505. The number of rotatable bonds is 8. The highest BCUT2D eigenvalue weighted by Crippen LogP contribution is 2.22. The second kappa shape index (κ2) is 7.92. The maximum Gasteiger partial charge on any atom is 0.327 e. The van der Waals surface area contributed by atoms with Gasteiger partial charge in [0, 0.05) is 0 Å². The zero-order valence-corrected chi connectivity index (χ0v) is 17.8. The van der Waals surface area contributed by atoms with E-state index < -0.39 is 22.1 Å². The first-order chi connectivity index (χ1) is 11.7. The van der Waals surface area contributed by atoms with Gasteiger partial charge in [-0.3, -0.25) is 4.90 Å². The Morgan fingerprint density at radius 1 is 1.20 bits per heavy atom. The molecule has 0 radical (unpaired) electrons. The summed E-state index contributed by atoms with van der Waals surface area (Å²) in [6.07, 6.45) is 2.10. The van der Waals surface area contributed by atoms with E-state index in [1.54, 1.807) is 6.26 Å². The van der Waals surface area contributed by atoms with Crippen LogP contribution in [0.1, 0.15) is 26.3 Å². The van der Waals surface area contributed by atoms with Gasteiger partial charge in [-0.15, -0.1) is 0 Å². The lowest BCUT2D eigenvalue weighted by molar-refractivity contribution is -1.00. The second-order valence-electron chi connectivity index (χ2n) is 7.29. The number of quaternary nitrogens is 1. The van der Waals surface area contributed by atoms with Crippen LogP contribution in [0.2, 0.25) is 18.1 Å². The Kier molecular flexibility index (Phi) is 6.53. The van der Waals surface area contributed by atoms with Gasteiger partial charge in [-0.1, -0.05) is 43.0 Å². The van der Waals surface area contributed by atoms with Crippen LogP contribution in [0.3, 0.4) is 0 Å². The van der Waals surface area contributed by atoms with Crippen molar-refractivity contribution in [3.05, 3.63) is 17.9 Å². The van der Waals surface area contributed by atoms with Crippen LogP contribution in [0.5, 0.6) is 0 Å². The van der Waals surface area contributed by atoms with Crippen LogP contribution in [0, 0.1) is 0 Å². The van der Waals surface area contributed by atoms with Crippen LogP contribution in [0.25, 0.3) is 0 Å². The summed E-state index contributed by atoms with van der Waals surface area (Å²) in [5.74, 6) is -0.0505. The van der Waals surface area contributed by atoms with Crippen molar-refractivity contribution in [3.8, 4) is 0 Å². The van der Waals surface area contributed by atoms with Crippen LogP contribution in [0.4, 0.5) is 0 Å². The van der Waals surface area contributed by atoms with Crippen molar-refractivity contribution in [1.82, 2.24) is 4.90 Å². The summed E-state index contributed by atoms with van der Waals surface area (Å²) in [5.41, 5.74) is 0.923. The number of hydroxylamine groups is 2. The minimum atomic E-state index is -3.61. The number of aryl methyl sites for hydroxylation is 1. The molecule has 144 valence electrons. The van der Waals surface area contributed by atoms with Crippen molar-refractivity contribution in [3.63, 3.8) is 0 Å². The maximum absolute atomic E-state index is 12.6. The van der Waals surface area contributed by atoms with Crippen LogP contribution in [-0.4, -0.2) is 69.6 Å². The van der Waals surface area contributed by atoms with E-state index in [-0.39, 0.29) is 18.8 Å². The minimum Gasteiger partial charge on any atom is -0.474 e. The van der Waals surface area contributed by atoms with E-state index in [9.17, 15) is 13.6 Å². The molecule has 1 saturated heterocycles. The summed E-state index contributed by atoms with van der Waals surface area (Å²) in [7, 11) is -3.25. The first-order valence-electron chi connectivity index (χ1n) is 9.31. The monoisotopic (exact) mass is 389 g/mol. The Morgan fingerprint density at radius 3 is 2.28 bits per heavy atom. The van der Waals surface area contributed by atoms with E-state index >= 15 is 0 Å². The molecule has 0 saturated carbocycles. The molecule has 1 aromatic rings. The summed E-state index contributed by atoms with van der Waals surface area (Å²) < 4.78 is 30.3. The number of sulfonamides is 1. The Balaban J connectivity index is 2.06. The standard InChI is InChI=1S/C17H33N2O4SSi/c1-5-25(6-2,7-3)17-14-16(15-23-17)8-13-24(21,22)19(20)11-9-18(4)10-12-19/h14-15,20H,5-13H2,1-4H3/q+1. The predicted octanol–water partition coefficient (Wildman–Crippen LogP) is 2.02. The molecule has 1 aliphatic heterocycles. The maximum atomic E-state index is 12.6. The van der Waals surface area contributed by atoms with Gasteiger partial charge >= 0.3 is 10.0 Å². The summed E-state index contributed by atoms with van der Waals surface area (Å²) in [4.78, 5) is 2.04. The van der Waals surface area contributed by atoms with E-state index in [0.717, 1.165) is 29.1 Å². The Morgan fingerprint density at radius 2 is 1.76 bits per heavy atom. The number of likely N-dealkylation sites (N-methyl/N-ethyl adjacent to an activating group) is 1. The zero-order valence-electron chi connectivity index (χ0n) is 16.0. The van der Waals surface area contributed by atoms with E-state index in [1.807, 2.05) is 11.9 Å². The highest BCUT2D eigenvalue weighted by Gasteiger charge is 2.43. The lowest BCUT2D eigenvalue weighted by Crippen LogP contribution is -2.60. The molecule has 1 aliphatic rings. The van der Waals surface area contributed by atoms with Crippen molar-refractivity contribution < 1.29 is 22.1 Å². The molecular formula is C17H33N2O4SSi+. The quantitative estimate of drug-likeness (QED) is 0.544. The molecule has 0 aromatic carbocycles. The van der Waals surface area contributed by atoms with Crippen LogP contribution >= 0.6 is 0 Å². The number of piperazine rings is 1. The normalized spacial score (nSPS) is 19.2. The molecule has 2 heterocycles. The fraction of sp³-hybridized carbons (Fsp3) is 0.765. The molecule has 0 amide bonds. The van der Waals surface area contributed by atoms with Crippen molar-refractivity contribution in [1.29, 1.82) is 0 Å². The van der Waals surface area contributed by atoms with Crippen molar-refractivity contribution in [2.75, 3.05) is 39.0 Å². The lowest BCUT2D eigenvalue weighted by Gasteiger charge is -2.35. The number of nitrogens with zero attached hydrogens (tertiary/aromatic N) is 2. The van der Waals surface area contributed by atoms with E-state index in [0.29, 0.717) is 19.5 Å². The molecule has 0 atom stereocenters. The van der Waals surface area contributed by atoms with Crippen molar-refractivity contribution >= 4 is 23.5 Å². The van der Waals surface area contributed by atoms with Gasteiger partial charge in [0.15, 0.2) is 0 Å². The molecule has 0 bridgehead atoms. The van der Waals surface area contributed by atoms with E-state index in [1.165, 1.54) is 0 Å². The summed E-state index contributed by atoms with van der Waals surface area (Å²) in [6, 6.07) is 5.46. The number of furan rings is 1. The third kappa shape index (κ3) is 4.19. The molecule has 1 N–H and O–H groups in total. The fourth-order valence-electron chi connectivity index (χ4n) is 3.63. The van der Waals surface area contributed by atoms with Gasteiger partial charge in [-0.2, -0.15) is 8.42 Å². The summed E-state index contributed by atoms with van der Waals surface area (Å²) >= 11 is 0. The summed E-state index contributed by atoms with van der Waals surface area (Å²) in [5, 5.41) is 11.6. The molecule has 6 nitrogen and oxygen atoms in total. The zero-order chi connectivity index (χ0) is 18.7. The lowest BCUT2D eigenvalue weighted by atomic mass is 10.3. The van der Waals surface area contributed by atoms with Gasteiger partial charge < -0.3 is 4.42 Å². The average molecular weight is 390 g/mol. The van der Waals surface area contributed by atoms with Gasteiger partial charge in [0.2, 0.25) is 0 Å². The Bertz CT molecular complexity index is 654. The first-order valence-corrected chi connectivity index (χ1v) is 13.5. The fourth-order valence-corrected chi connectivity index (χ4v) is 8.53. The molecule has 0 unspecified atom stereocenters. The van der Waals surface area contributed by atoms with Gasteiger partial charge in [-0.25, -0.2) is 5.21 Å². The molecule has 1 aromatic heterocycles. The molecule has 0 spiro atoms. The van der Waals surface area contributed by atoms with E-state index in [2.05, 4.69) is 26.8 Å². The van der Waals surface area contributed by atoms with Gasteiger partial charge in [0.1, 0.15) is 26.9 Å². The third-order valence-electron chi connectivity index (χ3n) is 6.04. The highest BCUT2D eigenvalue weighted by molar-refractivity contribution is 7.85. The smallest absolute Gasteiger partial charge is 0.327 e. The molecule has 25 heavy (non-hydrogen) atoms.